The molecule has 1 aromatic rings. The first-order chi connectivity index (χ1) is 14.7. The Hall–Kier alpha value is -2.35. The van der Waals surface area contributed by atoms with Gasteiger partial charge >= 0.3 is 12.2 Å². The van der Waals surface area contributed by atoms with Crippen LogP contribution in [-0.4, -0.2) is 58.9 Å². The largest absolute Gasteiger partial charge is 0.416 e. The van der Waals surface area contributed by atoms with Crippen LogP contribution in [0, 0.1) is 5.92 Å². The molecule has 31 heavy (non-hydrogen) atoms. The number of carbonyl (C=O) groups is 1. The first-order valence-electron chi connectivity index (χ1n) is 10.8. The van der Waals surface area contributed by atoms with Gasteiger partial charge in [-0.1, -0.05) is 24.3 Å². The zero-order valence-corrected chi connectivity index (χ0v) is 17.6. The van der Waals surface area contributed by atoms with Crippen molar-refractivity contribution in [3.63, 3.8) is 0 Å². The van der Waals surface area contributed by atoms with Gasteiger partial charge in [0.25, 0.3) is 0 Å². The normalized spacial score (nSPS) is 25.5. The number of aliphatic imine (C=N–C) groups is 1. The lowest BCUT2D eigenvalue weighted by molar-refractivity contribution is -0.137. The maximum atomic E-state index is 13.3. The molecule has 0 saturated carbocycles. The first kappa shape index (κ1) is 21.9. The summed E-state index contributed by atoms with van der Waals surface area (Å²) >= 11 is 0. The van der Waals surface area contributed by atoms with Crippen LogP contribution in [-0.2, 0) is 6.18 Å². The second-order valence-electron chi connectivity index (χ2n) is 8.81. The number of nitrogens with zero attached hydrogens (tertiary/aromatic N) is 3. The SMILES string of the molecule is CC1=CCC(C2CC(c3cccc(C(F)(F)F)c3)CN(C(=O)N3CCC(O)CC3)C2)=N1. The summed E-state index contributed by atoms with van der Waals surface area (Å²) in [6, 6.07) is 5.37. The lowest BCUT2D eigenvalue weighted by Crippen LogP contribution is -2.52. The molecule has 0 aromatic heterocycles. The van der Waals surface area contributed by atoms with Gasteiger partial charge in [-0.15, -0.1) is 0 Å². The van der Waals surface area contributed by atoms with Gasteiger partial charge in [0.05, 0.1) is 11.7 Å². The van der Waals surface area contributed by atoms with Crippen LogP contribution in [0.3, 0.4) is 0 Å². The highest BCUT2D eigenvalue weighted by atomic mass is 19.4. The summed E-state index contributed by atoms with van der Waals surface area (Å²) in [7, 11) is 0. The average molecular weight is 435 g/mol. The fourth-order valence-electron chi connectivity index (χ4n) is 4.79. The molecule has 0 aliphatic carbocycles. The molecule has 2 fully saturated rings. The number of piperidine rings is 2. The number of hydrogen-bond donors (Lipinski definition) is 1. The number of halogens is 3. The van der Waals surface area contributed by atoms with Crippen molar-refractivity contribution in [2.24, 2.45) is 10.9 Å². The van der Waals surface area contributed by atoms with Crippen molar-refractivity contribution < 1.29 is 23.1 Å². The molecule has 1 aromatic carbocycles. The zero-order chi connectivity index (χ0) is 22.2. The Morgan fingerprint density at radius 2 is 1.84 bits per heavy atom. The second-order valence-corrected chi connectivity index (χ2v) is 8.81. The van der Waals surface area contributed by atoms with Crippen LogP contribution in [0.15, 0.2) is 41.0 Å². The zero-order valence-electron chi connectivity index (χ0n) is 17.6. The summed E-state index contributed by atoms with van der Waals surface area (Å²) in [5.74, 6) is -0.176. The monoisotopic (exact) mass is 435 g/mol. The summed E-state index contributed by atoms with van der Waals surface area (Å²) < 4.78 is 39.8. The van der Waals surface area contributed by atoms with Crippen molar-refractivity contribution in [3.05, 3.63) is 47.2 Å². The number of aliphatic hydroxyl groups is 1. The molecule has 3 aliphatic rings. The van der Waals surface area contributed by atoms with E-state index in [4.69, 9.17) is 0 Å². The smallest absolute Gasteiger partial charge is 0.393 e. The molecular formula is C23H28F3N3O2. The lowest BCUT2D eigenvalue weighted by Gasteiger charge is -2.41. The number of amides is 2. The van der Waals surface area contributed by atoms with Crippen LogP contribution in [0.25, 0.3) is 0 Å². The van der Waals surface area contributed by atoms with Gasteiger partial charge in [-0.25, -0.2) is 4.79 Å². The molecule has 168 valence electrons. The highest BCUT2D eigenvalue weighted by Gasteiger charge is 2.37. The van der Waals surface area contributed by atoms with E-state index >= 15 is 0 Å². The number of rotatable bonds is 2. The fraction of sp³-hybridized carbons (Fsp3) is 0.565. The van der Waals surface area contributed by atoms with E-state index in [1.54, 1.807) is 15.9 Å². The van der Waals surface area contributed by atoms with E-state index in [-0.39, 0.29) is 24.0 Å². The van der Waals surface area contributed by atoms with Crippen molar-refractivity contribution >= 4 is 11.7 Å². The summed E-state index contributed by atoms with van der Waals surface area (Å²) in [4.78, 5) is 21.4. The molecule has 8 heteroatoms. The highest BCUT2D eigenvalue weighted by Crippen LogP contribution is 2.37. The van der Waals surface area contributed by atoms with Crippen molar-refractivity contribution in [1.29, 1.82) is 0 Å². The number of benzene rings is 1. The van der Waals surface area contributed by atoms with E-state index in [1.807, 2.05) is 13.0 Å². The Balaban J connectivity index is 1.58. The molecule has 0 radical (unpaired) electrons. The topological polar surface area (TPSA) is 56.1 Å². The minimum Gasteiger partial charge on any atom is -0.393 e. The first-order valence-corrected chi connectivity index (χ1v) is 10.8. The maximum Gasteiger partial charge on any atom is 0.416 e. The fourth-order valence-corrected chi connectivity index (χ4v) is 4.79. The van der Waals surface area contributed by atoms with Crippen LogP contribution < -0.4 is 0 Å². The maximum absolute atomic E-state index is 13.3. The van der Waals surface area contributed by atoms with Crippen LogP contribution in [0.2, 0.25) is 0 Å². The molecule has 3 heterocycles. The molecule has 2 saturated heterocycles. The molecule has 2 atom stereocenters. The van der Waals surface area contributed by atoms with Crippen molar-refractivity contribution in [2.75, 3.05) is 26.2 Å². The number of allylic oxidation sites excluding steroid dienone is 2. The molecule has 5 nitrogen and oxygen atoms in total. The Morgan fingerprint density at radius 3 is 2.48 bits per heavy atom. The highest BCUT2D eigenvalue weighted by molar-refractivity contribution is 5.91. The molecule has 2 unspecified atom stereocenters. The number of likely N-dealkylation sites (tertiary alicyclic amines) is 2. The third kappa shape index (κ3) is 4.95. The Kier molecular flexibility index (Phi) is 6.10. The summed E-state index contributed by atoms with van der Waals surface area (Å²) in [6.45, 7) is 3.83. The Morgan fingerprint density at radius 1 is 1.13 bits per heavy atom. The minimum absolute atomic E-state index is 0.0151. The van der Waals surface area contributed by atoms with E-state index in [2.05, 4.69) is 4.99 Å². The summed E-state index contributed by atoms with van der Waals surface area (Å²) in [6.07, 6.45) is -0.233. The average Bonchev–Trinajstić information content (AvgIpc) is 3.19. The predicted molar refractivity (Wildman–Crippen MR) is 112 cm³/mol. The minimum atomic E-state index is -4.40. The molecular weight excluding hydrogens is 407 g/mol. The van der Waals surface area contributed by atoms with Gasteiger partial charge in [-0.3, -0.25) is 4.99 Å². The van der Waals surface area contributed by atoms with Gasteiger partial charge in [-0.05, 0) is 37.8 Å². The number of carbonyl (C=O) groups excluding carboxylic acids is 1. The van der Waals surface area contributed by atoms with E-state index in [1.165, 1.54) is 12.1 Å². The summed E-state index contributed by atoms with van der Waals surface area (Å²) in [5, 5.41) is 9.75. The van der Waals surface area contributed by atoms with Gasteiger partial charge in [0.1, 0.15) is 0 Å². The number of alkyl halides is 3. The molecule has 3 aliphatic heterocycles. The number of aliphatic hydroxyl groups excluding tert-OH is 1. The second kappa shape index (κ2) is 8.65. The molecule has 0 bridgehead atoms. The predicted octanol–water partition coefficient (Wildman–Crippen LogP) is 4.44. The number of hydrogen-bond acceptors (Lipinski definition) is 3. The van der Waals surface area contributed by atoms with E-state index in [9.17, 15) is 23.1 Å². The van der Waals surface area contributed by atoms with Gasteiger partial charge in [-0.2, -0.15) is 13.2 Å². The molecule has 2 amide bonds. The van der Waals surface area contributed by atoms with E-state index < -0.39 is 11.7 Å². The number of urea groups is 1. The van der Waals surface area contributed by atoms with Crippen molar-refractivity contribution in [1.82, 2.24) is 9.80 Å². The molecule has 0 spiro atoms. The van der Waals surface area contributed by atoms with Gasteiger partial charge in [0.2, 0.25) is 0 Å². The van der Waals surface area contributed by atoms with Crippen molar-refractivity contribution in [2.45, 2.75) is 50.8 Å². The standard InChI is InChI=1S/C23H28F3N3O2/c1-15-5-6-21(27-15)18-11-17(16-3-2-4-19(12-16)23(24,25)26)13-29(14-18)22(31)28-9-7-20(30)8-10-28/h2-5,12,17-18,20,30H,6-11,13-14H2,1H3. The lowest BCUT2D eigenvalue weighted by atomic mass is 9.81. The third-order valence-electron chi connectivity index (χ3n) is 6.54. The summed E-state index contributed by atoms with van der Waals surface area (Å²) in [5.41, 5.74) is 1.89. The third-order valence-corrected chi connectivity index (χ3v) is 6.54. The van der Waals surface area contributed by atoms with E-state index in [0.29, 0.717) is 51.0 Å². The van der Waals surface area contributed by atoms with E-state index in [0.717, 1.165) is 23.9 Å². The molecule has 4 rings (SSSR count). The van der Waals surface area contributed by atoms with Gasteiger partial charge < -0.3 is 14.9 Å². The van der Waals surface area contributed by atoms with Crippen LogP contribution in [0.1, 0.15) is 49.7 Å². The van der Waals surface area contributed by atoms with Crippen molar-refractivity contribution in [3.8, 4) is 0 Å². The van der Waals surface area contributed by atoms with Crippen LogP contribution in [0.5, 0.6) is 0 Å². The van der Waals surface area contributed by atoms with Crippen LogP contribution in [0.4, 0.5) is 18.0 Å². The molecule has 1 N–H and O–H groups in total. The van der Waals surface area contributed by atoms with Crippen LogP contribution >= 0.6 is 0 Å². The van der Waals surface area contributed by atoms with Gasteiger partial charge in [0.15, 0.2) is 0 Å². The van der Waals surface area contributed by atoms with Gasteiger partial charge in [0, 0.05) is 55.8 Å². The Bertz CT molecular complexity index is 888. The quantitative estimate of drug-likeness (QED) is 0.747. The Labute approximate surface area is 180 Å².